The van der Waals surface area contributed by atoms with E-state index in [0.717, 1.165) is 59.5 Å². The van der Waals surface area contributed by atoms with Gasteiger partial charge in [-0.25, -0.2) is 9.97 Å². The number of nitrogens with zero attached hydrogens (tertiary/aromatic N) is 3. The van der Waals surface area contributed by atoms with Crippen molar-refractivity contribution < 1.29 is 14.0 Å². The van der Waals surface area contributed by atoms with Gasteiger partial charge in [0.1, 0.15) is 5.76 Å². The third-order valence-corrected chi connectivity index (χ3v) is 8.91. The largest absolute Gasteiger partial charge is 0.444 e. The monoisotopic (exact) mass is 531 g/mol. The minimum atomic E-state index is -0.142. The van der Waals surface area contributed by atoms with Crippen LogP contribution < -0.4 is 10.6 Å². The number of oxazole rings is 1. The van der Waals surface area contributed by atoms with Crippen molar-refractivity contribution in [2.24, 2.45) is 5.92 Å². The molecule has 2 amide bonds. The van der Waals surface area contributed by atoms with Gasteiger partial charge < -0.3 is 20.0 Å². The molecule has 10 heteroatoms. The summed E-state index contributed by atoms with van der Waals surface area (Å²) in [6, 6.07) is 0.378. The van der Waals surface area contributed by atoms with Crippen molar-refractivity contribution in [1.82, 2.24) is 20.2 Å². The van der Waals surface area contributed by atoms with E-state index in [1.54, 1.807) is 23.1 Å². The van der Waals surface area contributed by atoms with Crippen LogP contribution in [-0.2, 0) is 20.8 Å². The van der Waals surface area contributed by atoms with Crippen LogP contribution in [0.25, 0.3) is 0 Å². The molecule has 36 heavy (non-hydrogen) atoms. The van der Waals surface area contributed by atoms with Gasteiger partial charge in [-0.2, -0.15) is 0 Å². The lowest BCUT2D eigenvalue weighted by Gasteiger charge is -2.37. The maximum atomic E-state index is 13.2. The second-order valence-electron chi connectivity index (χ2n) is 10.7. The smallest absolute Gasteiger partial charge is 0.243 e. The number of carbonyl (C=O) groups is 2. The molecule has 1 saturated carbocycles. The van der Waals surface area contributed by atoms with Gasteiger partial charge in [-0.15, -0.1) is 11.8 Å². The molecule has 196 valence electrons. The second kappa shape index (κ2) is 11.8. The molecular formula is C26H37N5O3S2. The lowest BCUT2D eigenvalue weighted by molar-refractivity contribution is -0.137. The van der Waals surface area contributed by atoms with E-state index >= 15 is 0 Å². The Morgan fingerprint density at radius 3 is 2.67 bits per heavy atom. The minimum absolute atomic E-state index is 0.0454. The molecule has 1 aliphatic heterocycles. The molecular weight excluding hydrogens is 494 g/mol. The number of amides is 2. The summed E-state index contributed by atoms with van der Waals surface area (Å²) in [7, 11) is 0. The molecule has 0 unspecified atom stereocenters. The van der Waals surface area contributed by atoms with Gasteiger partial charge in [0.15, 0.2) is 5.13 Å². The Kier molecular flexibility index (Phi) is 8.77. The number of thiazole rings is 1. The molecule has 0 aromatic carbocycles. The Morgan fingerprint density at radius 2 is 1.97 bits per heavy atom. The van der Waals surface area contributed by atoms with Crippen molar-refractivity contribution in [1.29, 1.82) is 0 Å². The van der Waals surface area contributed by atoms with Gasteiger partial charge in [-0.1, -0.05) is 45.1 Å². The number of piperidine rings is 1. The molecule has 2 aromatic rings. The van der Waals surface area contributed by atoms with E-state index in [9.17, 15) is 9.59 Å². The van der Waals surface area contributed by atoms with E-state index in [0.29, 0.717) is 18.8 Å². The molecule has 3 heterocycles. The van der Waals surface area contributed by atoms with Crippen LogP contribution in [0.5, 0.6) is 0 Å². The zero-order valence-electron chi connectivity index (χ0n) is 21.4. The van der Waals surface area contributed by atoms with Gasteiger partial charge in [0.05, 0.1) is 22.4 Å². The Balaban J connectivity index is 1.23. The first-order valence-corrected chi connectivity index (χ1v) is 14.5. The zero-order valence-corrected chi connectivity index (χ0v) is 23.1. The summed E-state index contributed by atoms with van der Waals surface area (Å²) >= 11 is 3.31. The van der Waals surface area contributed by atoms with Crippen molar-refractivity contribution in [2.75, 3.05) is 18.4 Å². The Morgan fingerprint density at radius 1 is 1.19 bits per heavy atom. The van der Waals surface area contributed by atoms with Crippen molar-refractivity contribution in [3.05, 3.63) is 36.7 Å². The highest BCUT2D eigenvalue weighted by Crippen LogP contribution is 2.34. The zero-order chi connectivity index (χ0) is 25.7. The van der Waals surface area contributed by atoms with Crippen molar-refractivity contribution >= 4 is 40.0 Å². The number of hydrogen-bond acceptors (Lipinski definition) is 8. The normalized spacial score (nSPS) is 21.2. The van der Waals surface area contributed by atoms with Crippen molar-refractivity contribution in [3.63, 3.8) is 0 Å². The van der Waals surface area contributed by atoms with E-state index in [-0.39, 0.29) is 35.2 Å². The molecule has 2 aliphatic rings. The topological polar surface area (TPSA) is 100 Å². The molecule has 8 nitrogen and oxygen atoms in total. The summed E-state index contributed by atoms with van der Waals surface area (Å²) in [5.74, 6) is 2.46. The van der Waals surface area contributed by atoms with Gasteiger partial charge in [-0.05, 0) is 38.2 Å². The van der Waals surface area contributed by atoms with Crippen LogP contribution in [0.3, 0.4) is 0 Å². The molecule has 0 radical (unpaired) electrons. The van der Waals surface area contributed by atoms with E-state index in [4.69, 9.17) is 4.42 Å². The summed E-state index contributed by atoms with van der Waals surface area (Å²) in [5, 5.41) is 7.42. The molecule has 2 atom stereocenters. The SMILES string of the molecule is C=CC(=O)NC1CCN(C(=O)[C@@H]2CCC[C@H](Nc3ncc(SCc4ncc(C(C)(C)C)o4)s3)C2)CC1. The van der Waals surface area contributed by atoms with Gasteiger partial charge >= 0.3 is 0 Å². The number of nitrogens with one attached hydrogen (secondary N) is 2. The fourth-order valence-corrected chi connectivity index (χ4v) is 6.53. The minimum Gasteiger partial charge on any atom is -0.444 e. The molecule has 0 spiro atoms. The fraction of sp³-hybridized carbons (Fsp3) is 0.615. The fourth-order valence-electron chi connectivity index (χ4n) is 4.73. The Hall–Kier alpha value is -2.33. The molecule has 2 fully saturated rings. The first-order chi connectivity index (χ1) is 17.2. The maximum absolute atomic E-state index is 13.2. The lowest BCUT2D eigenvalue weighted by atomic mass is 9.84. The van der Waals surface area contributed by atoms with Gasteiger partial charge in [-0.3, -0.25) is 9.59 Å². The summed E-state index contributed by atoms with van der Waals surface area (Å²) in [6.07, 6.45) is 10.5. The van der Waals surface area contributed by atoms with Gasteiger partial charge in [0.25, 0.3) is 0 Å². The average Bonchev–Trinajstić information content (AvgIpc) is 3.52. The number of carbonyl (C=O) groups excluding carboxylic acids is 2. The van der Waals surface area contributed by atoms with Crippen LogP contribution in [0.2, 0.25) is 0 Å². The van der Waals surface area contributed by atoms with Gasteiger partial charge in [0, 0.05) is 36.5 Å². The highest BCUT2D eigenvalue weighted by molar-refractivity contribution is 8.00. The molecule has 2 aromatic heterocycles. The Labute approximate surface area is 221 Å². The molecule has 4 rings (SSSR count). The lowest BCUT2D eigenvalue weighted by Crippen LogP contribution is -2.48. The first kappa shape index (κ1) is 26.7. The number of hydrogen-bond donors (Lipinski definition) is 2. The molecule has 0 bridgehead atoms. The van der Waals surface area contributed by atoms with Crippen molar-refractivity contribution in [3.8, 4) is 0 Å². The molecule has 2 N–H and O–H groups in total. The standard InChI is InChI=1S/C26H37N5O3S2/c1-5-21(32)29-18-9-11-31(12-10-18)24(33)17-7-6-8-19(13-17)30-25-28-15-23(36-25)35-16-22-27-14-20(34-22)26(2,3)4/h5,14-15,17-19H,1,6-13,16H2,2-4H3,(H,28,30)(H,29,32)/t17-,19+/m1/s1. The number of aromatic nitrogens is 2. The van der Waals surface area contributed by atoms with Crippen LogP contribution in [-0.4, -0.2) is 51.9 Å². The number of likely N-dealkylation sites (tertiary alicyclic amines) is 1. The third-order valence-electron chi connectivity index (χ3n) is 6.80. The second-order valence-corrected chi connectivity index (χ2v) is 13.0. The van der Waals surface area contributed by atoms with E-state index < -0.39 is 0 Å². The van der Waals surface area contributed by atoms with Crippen molar-refractivity contribution in [2.45, 2.75) is 86.8 Å². The van der Waals surface area contributed by atoms with Crippen LogP contribution >= 0.6 is 23.1 Å². The molecule has 1 aliphatic carbocycles. The average molecular weight is 532 g/mol. The van der Waals surface area contributed by atoms with Crippen LogP contribution in [0.1, 0.15) is 70.9 Å². The number of anilines is 1. The molecule has 1 saturated heterocycles. The van der Waals surface area contributed by atoms with Crippen LogP contribution in [0.15, 0.2) is 33.7 Å². The summed E-state index contributed by atoms with van der Waals surface area (Å²) < 4.78 is 7.00. The number of rotatable bonds is 8. The predicted molar refractivity (Wildman–Crippen MR) is 144 cm³/mol. The van der Waals surface area contributed by atoms with Crippen LogP contribution in [0, 0.1) is 5.92 Å². The summed E-state index contributed by atoms with van der Waals surface area (Å²) in [6.45, 7) is 11.2. The highest BCUT2D eigenvalue weighted by atomic mass is 32.2. The number of thioether (sulfide) groups is 1. The Bertz CT molecular complexity index is 1050. The quantitative estimate of drug-likeness (QED) is 0.366. The third kappa shape index (κ3) is 7.12. The van der Waals surface area contributed by atoms with E-state index in [1.807, 2.05) is 17.3 Å². The summed E-state index contributed by atoms with van der Waals surface area (Å²) in [4.78, 5) is 35.7. The van der Waals surface area contributed by atoms with Gasteiger partial charge in [0.2, 0.25) is 17.7 Å². The predicted octanol–water partition coefficient (Wildman–Crippen LogP) is 4.98. The maximum Gasteiger partial charge on any atom is 0.243 e. The van der Waals surface area contributed by atoms with E-state index in [1.165, 1.54) is 6.08 Å². The summed E-state index contributed by atoms with van der Waals surface area (Å²) in [5.41, 5.74) is -0.0454. The van der Waals surface area contributed by atoms with E-state index in [2.05, 4.69) is 48.0 Å². The highest BCUT2D eigenvalue weighted by Gasteiger charge is 2.32. The first-order valence-electron chi connectivity index (χ1n) is 12.7. The van der Waals surface area contributed by atoms with Crippen LogP contribution in [0.4, 0.5) is 5.13 Å².